The second-order valence-electron chi connectivity index (χ2n) is 10.4. The van der Waals surface area contributed by atoms with E-state index >= 15 is 4.39 Å². The van der Waals surface area contributed by atoms with E-state index in [1.54, 1.807) is 30.3 Å². The van der Waals surface area contributed by atoms with Gasteiger partial charge in [0.1, 0.15) is 28.4 Å². The van der Waals surface area contributed by atoms with Gasteiger partial charge in [-0.3, -0.25) is 14.1 Å². The van der Waals surface area contributed by atoms with Crippen molar-refractivity contribution in [3.05, 3.63) is 76.5 Å². The molecule has 3 heterocycles. The van der Waals surface area contributed by atoms with Gasteiger partial charge in [0.15, 0.2) is 5.65 Å². The Hall–Kier alpha value is -3.97. The Labute approximate surface area is 236 Å². The predicted molar refractivity (Wildman–Crippen MR) is 155 cm³/mol. The summed E-state index contributed by atoms with van der Waals surface area (Å²) in [6.07, 6.45) is 0.791. The van der Waals surface area contributed by atoms with Crippen LogP contribution in [-0.4, -0.2) is 53.2 Å². The Balaban J connectivity index is 1.46. The van der Waals surface area contributed by atoms with Crippen molar-refractivity contribution in [3.8, 4) is 11.3 Å². The smallest absolute Gasteiger partial charge is 0.278 e. The Morgan fingerprint density at radius 2 is 1.83 bits per heavy atom. The summed E-state index contributed by atoms with van der Waals surface area (Å²) in [6.45, 7) is 6.00. The van der Waals surface area contributed by atoms with Crippen LogP contribution in [0, 0.1) is 5.82 Å². The molecule has 0 aliphatic carbocycles. The Morgan fingerprint density at radius 1 is 1.07 bits per heavy atom. The third-order valence-corrected chi connectivity index (χ3v) is 8.71. The van der Waals surface area contributed by atoms with Crippen LogP contribution >= 0.6 is 0 Å². The normalized spacial score (nSPS) is 18.4. The first-order valence-corrected chi connectivity index (χ1v) is 14.8. The van der Waals surface area contributed by atoms with E-state index in [0.29, 0.717) is 30.6 Å². The summed E-state index contributed by atoms with van der Waals surface area (Å²) < 4.78 is 58.6. The molecule has 2 aromatic heterocycles. The lowest BCUT2D eigenvalue weighted by molar-refractivity contribution is 0.254. The SMILES string of the molecule is CC(C)n1c(=O)c(-c2ccc(NS(=O)(=O)[C@@H](C)c3ccccc3)c(F)c2)nc2cnc(N[C@@H]3CNC[C@@H](F)C3)nc21. The Kier molecular flexibility index (Phi) is 8.00. The summed E-state index contributed by atoms with van der Waals surface area (Å²) in [5.41, 5.74) is 0.566. The molecule has 3 N–H and O–H groups in total. The zero-order valence-corrected chi connectivity index (χ0v) is 23.6. The molecule has 0 amide bonds. The summed E-state index contributed by atoms with van der Waals surface area (Å²) in [5, 5.41) is 5.20. The number of rotatable bonds is 8. The van der Waals surface area contributed by atoms with Gasteiger partial charge in [-0.05, 0) is 38.5 Å². The quantitative estimate of drug-likeness (QED) is 0.282. The lowest BCUT2D eigenvalue weighted by Crippen LogP contribution is -2.44. The van der Waals surface area contributed by atoms with Crippen molar-refractivity contribution in [1.29, 1.82) is 0 Å². The first kappa shape index (κ1) is 28.6. The van der Waals surface area contributed by atoms with Crippen molar-refractivity contribution in [1.82, 2.24) is 24.8 Å². The van der Waals surface area contributed by atoms with Crippen LogP contribution < -0.4 is 20.9 Å². The highest BCUT2D eigenvalue weighted by molar-refractivity contribution is 7.92. The second-order valence-corrected chi connectivity index (χ2v) is 12.4. The van der Waals surface area contributed by atoms with Crippen LogP contribution in [-0.2, 0) is 10.0 Å². The number of nitrogens with zero attached hydrogens (tertiary/aromatic N) is 4. The topological polar surface area (TPSA) is 131 Å². The van der Waals surface area contributed by atoms with E-state index in [1.165, 1.54) is 29.8 Å². The maximum atomic E-state index is 15.2. The molecule has 0 saturated carbocycles. The molecule has 13 heteroatoms. The van der Waals surface area contributed by atoms with Gasteiger partial charge in [-0.15, -0.1) is 0 Å². The zero-order chi connectivity index (χ0) is 29.3. The lowest BCUT2D eigenvalue weighted by atomic mass is 10.1. The molecule has 4 aromatic rings. The monoisotopic (exact) mass is 583 g/mol. The van der Waals surface area contributed by atoms with Gasteiger partial charge in [-0.2, -0.15) is 4.98 Å². The molecule has 1 aliphatic rings. The first-order valence-electron chi connectivity index (χ1n) is 13.3. The van der Waals surface area contributed by atoms with Gasteiger partial charge in [0.05, 0.1) is 11.9 Å². The first-order chi connectivity index (χ1) is 19.5. The van der Waals surface area contributed by atoms with E-state index < -0.39 is 32.8 Å². The lowest BCUT2D eigenvalue weighted by Gasteiger charge is -2.26. The van der Waals surface area contributed by atoms with Crippen LogP contribution in [0.5, 0.6) is 0 Å². The number of piperidine rings is 1. The number of halogens is 2. The van der Waals surface area contributed by atoms with Gasteiger partial charge >= 0.3 is 0 Å². The molecule has 216 valence electrons. The van der Waals surface area contributed by atoms with Crippen molar-refractivity contribution >= 4 is 32.8 Å². The number of anilines is 2. The Morgan fingerprint density at radius 3 is 2.51 bits per heavy atom. The molecular formula is C28H31F2N7O3S. The molecule has 5 rings (SSSR count). The van der Waals surface area contributed by atoms with Crippen molar-refractivity contribution in [3.63, 3.8) is 0 Å². The average Bonchev–Trinajstić information content (AvgIpc) is 2.93. The van der Waals surface area contributed by atoms with Crippen LogP contribution in [0.15, 0.2) is 59.5 Å². The molecule has 0 unspecified atom stereocenters. The third-order valence-electron chi connectivity index (χ3n) is 7.01. The second kappa shape index (κ2) is 11.5. The molecule has 0 bridgehead atoms. The summed E-state index contributed by atoms with van der Waals surface area (Å²) in [4.78, 5) is 26.8. The molecule has 2 aromatic carbocycles. The predicted octanol–water partition coefficient (Wildman–Crippen LogP) is 4.19. The maximum Gasteiger partial charge on any atom is 0.278 e. The van der Waals surface area contributed by atoms with E-state index in [0.717, 1.165) is 6.07 Å². The third kappa shape index (κ3) is 6.05. The van der Waals surface area contributed by atoms with Crippen LogP contribution in [0.2, 0.25) is 0 Å². The molecule has 3 atom stereocenters. The molecule has 1 aliphatic heterocycles. The van der Waals surface area contributed by atoms with Gasteiger partial charge in [0, 0.05) is 37.2 Å². The van der Waals surface area contributed by atoms with Crippen LogP contribution in [0.4, 0.5) is 20.4 Å². The average molecular weight is 584 g/mol. The summed E-state index contributed by atoms with van der Waals surface area (Å²) >= 11 is 0. The van der Waals surface area contributed by atoms with E-state index in [1.807, 2.05) is 13.8 Å². The van der Waals surface area contributed by atoms with E-state index in [-0.39, 0.29) is 40.6 Å². The van der Waals surface area contributed by atoms with E-state index in [2.05, 4.69) is 30.3 Å². The minimum absolute atomic E-state index is 0.0294. The highest BCUT2D eigenvalue weighted by Gasteiger charge is 2.25. The molecule has 10 nitrogen and oxygen atoms in total. The van der Waals surface area contributed by atoms with Gasteiger partial charge in [-0.1, -0.05) is 36.4 Å². The fourth-order valence-corrected chi connectivity index (χ4v) is 5.97. The van der Waals surface area contributed by atoms with Crippen molar-refractivity contribution in [2.24, 2.45) is 0 Å². The van der Waals surface area contributed by atoms with Crippen molar-refractivity contribution in [2.45, 2.75) is 50.7 Å². The van der Waals surface area contributed by atoms with E-state index in [4.69, 9.17) is 0 Å². The Bertz CT molecular complexity index is 1730. The number of hydrogen-bond acceptors (Lipinski definition) is 8. The van der Waals surface area contributed by atoms with Crippen molar-refractivity contribution in [2.75, 3.05) is 23.1 Å². The number of benzene rings is 2. The highest BCUT2D eigenvalue weighted by atomic mass is 32.2. The summed E-state index contributed by atoms with van der Waals surface area (Å²) in [6, 6.07) is 11.9. The summed E-state index contributed by atoms with van der Waals surface area (Å²) in [7, 11) is -3.96. The fraction of sp³-hybridized carbons (Fsp3) is 0.357. The van der Waals surface area contributed by atoms with Crippen LogP contribution in [0.25, 0.3) is 22.4 Å². The van der Waals surface area contributed by atoms with E-state index in [9.17, 15) is 17.6 Å². The van der Waals surface area contributed by atoms with Crippen LogP contribution in [0.3, 0.4) is 0 Å². The van der Waals surface area contributed by atoms with Gasteiger partial charge < -0.3 is 10.6 Å². The molecule has 1 saturated heterocycles. The molecule has 41 heavy (non-hydrogen) atoms. The molecule has 0 spiro atoms. The molecule has 1 fully saturated rings. The standard InChI is InChI=1S/C28H31F2N7O3S/c1-16(2)37-26-24(15-32-28(35-26)33-21-12-20(29)13-31-14-21)34-25(27(37)38)19-9-10-23(22(30)11-19)36-41(39,40)17(3)18-7-5-4-6-8-18/h4-11,15-17,20-21,31,36H,12-14H2,1-3H3,(H,32,33,35)/t17-,20-,21-/m0/s1. The minimum Gasteiger partial charge on any atom is -0.350 e. The number of hydrogen-bond donors (Lipinski definition) is 3. The minimum atomic E-state index is -3.96. The molecular weight excluding hydrogens is 552 g/mol. The summed E-state index contributed by atoms with van der Waals surface area (Å²) in [5.74, 6) is -0.610. The number of sulfonamides is 1. The number of fused-ring (bicyclic) bond motifs is 1. The number of nitrogens with one attached hydrogen (secondary N) is 3. The van der Waals surface area contributed by atoms with Gasteiger partial charge in [-0.25, -0.2) is 27.2 Å². The largest absolute Gasteiger partial charge is 0.350 e. The number of aromatic nitrogens is 4. The number of alkyl halides is 1. The van der Waals surface area contributed by atoms with Crippen LogP contribution in [0.1, 0.15) is 44.0 Å². The van der Waals surface area contributed by atoms with Crippen molar-refractivity contribution < 1.29 is 17.2 Å². The molecule has 0 radical (unpaired) electrons. The van der Waals surface area contributed by atoms with Gasteiger partial charge in [0.25, 0.3) is 5.56 Å². The maximum absolute atomic E-state index is 15.2. The fourth-order valence-electron chi connectivity index (χ4n) is 4.81. The highest BCUT2D eigenvalue weighted by Crippen LogP contribution is 2.28. The zero-order valence-electron chi connectivity index (χ0n) is 22.8. The van der Waals surface area contributed by atoms with Gasteiger partial charge in [0.2, 0.25) is 16.0 Å².